The lowest BCUT2D eigenvalue weighted by Crippen LogP contribution is -2.37. The van der Waals surface area contributed by atoms with Crippen molar-refractivity contribution in [3.8, 4) is 5.75 Å². The molecule has 1 aliphatic heterocycles. The number of nitrogens with zero attached hydrogens (tertiary/aromatic N) is 1. The van der Waals surface area contributed by atoms with Crippen LogP contribution in [0.1, 0.15) is 10.4 Å². The molecule has 0 aromatic heterocycles. The minimum absolute atomic E-state index is 0.232. The highest BCUT2D eigenvalue weighted by molar-refractivity contribution is 6.52. The van der Waals surface area contributed by atoms with Crippen LogP contribution in [-0.2, 0) is 9.59 Å². The lowest BCUT2D eigenvalue weighted by molar-refractivity contribution is -0.119. The van der Waals surface area contributed by atoms with Crippen molar-refractivity contribution >= 4 is 23.3 Å². The standard InChI is InChI=1S/C11H10N2O4/c1-17-6-2-3-8-7(4-6)10(15)11(16)13(8)5-9(12)14/h2-4H,5H2,1H3,(H2,12,14). The van der Waals surface area contributed by atoms with E-state index in [0.29, 0.717) is 11.4 Å². The summed E-state index contributed by atoms with van der Waals surface area (Å²) >= 11 is 0. The molecule has 6 heteroatoms. The molecule has 1 aromatic rings. The Balaban J connectivity index is 2.47. The van der Waals surface area contributed by atoms with Gasteiger partial charge in [0.2, 0.25) is 5.91 Å². The number of carbonyl (C=O) groups is 3. The molecule has 1 aromatic carbocycles. The zero-order chi connectivity index (χ0) is 12.6. The van der Waals surface area contributed by atoms with Gasteiger partial charge in [0.05, 0.1) is 18.4 Å². The van der Waals surface area contributed by atoms with Gasteiger partial charge in [0, 0.05) is 0 Å². The molecule has 88 valence electrons. The summed E-state index contributed by atoms with van der Waals surface area (Å²) in [4.78, 5) is 35.2. The Morgan fingerprint density at radius 2 is 2.12 bits per heavy atom. The third kappa shape index (κ3) is 1.73. The van der Waals surface area contributed by atoms with Gasteiger partial charge in [-0.05, 0) is 18.2 Å². The second-order valence-corrected chi connectivity index (χ2v) is 3.57. The molecule has 0 bridgehead atoms. The van der Waals surface area contributed by atoms with Crippen molar-refractivity contribution in [2.75, 3.05) is 18.6 Å². The highest BCUT2D eigenvalue weighted by atomic mass is 16.5. The van der Waals surface area contributed by atoms with Gasteiger partial charge in [0.25, 0.3) is 11.7 Å². The number of nitrogens with two attached hydrogens (primary N) is 1. The van der Waals surface area contributed by atoms with E-state index < -0.39 is 17.6 Å². The van der Waals surface area contributed by atoms with E-state index in [1.54, 1.807) is 12.1 Å². The highest BCUT2D eigenvalue weighted by Crippen LogP contribution is 2.31. The van der Waals surface area contributed by atoms with Crippen molar-refractivity contribution in [2.24, 2.45) is 5.73 Å². The number of anilines is 1. The molecule has 0 unspecified atom stereocenters. The van der Waals surface area contributed by atoms with E-state index in [-0.39, 0.29) is 12.1 Å². The van der Waals surface area contributed by atoms with Gasteiger partial charge < -0.3 is 10.5 Å². The Kier molecular flexibility index (Phi) is 2.55. The quantitative estimate of drug-likeness (QED) is 0.727. The fourth-order valence-electron chi connectivity index (χ4n) is 1.72. The third-order valence-corrected chi connectivity index (χ3v) is 2.49. The maximum Gasteiger partial charge on any atom is 0.299 e. The van der Waals surface area contributed by atoms with E-state index >= 15 is 0 Å². The van der Waals surface area contributed by atoms with Gasteiger partial charge in [-0.1, -0.05) is 0 Å². The fourth-order valence-corrected chi connectivity index (χ4v) is 1.72. The summed E-state index contributed by atoms with van der Waals surface area (Å²) in [5.41, 5.74) is 5.64. The summed E-state index contributed by atoms with van der Waals surface area (Å²) in [6, 6.07) is 4.63. The number of fused-ring (bicyclic) bond motifs is 1. The lowest BCUT2D eigenvalue weighted by Gasteiger charge is -2.13. The van der Waals surface area contributed by atoms with Crippen LogP contribution in [0.5, 0.6) is 5.75 Å². The molecule has 2 rings (SSSR count). The number of amides is 2. The summed E-state index contributed by atoms with van der Waals surface area (Å²) in [6.45, 7) is -0.302. The van der Waals surface area contributed by atoms with Crippen molar-refractivity contribution in [2.45, 2.75) is 0 Å². The molecular weight excluding hydrogens is 224 g/mol. The van der Waals surface area contributed by atoms with Crippen LogP contribution in [0.3, 0.4) is 0 Å². The maximum atomic E-state index is 11.7. The first-order valence-corrected chi connectivity index (χ1v) is 4.87. The zero-order valence-corrected chi connectivity index (χ0v) is 9.10. The molecule has 0 fully saturated rings. The van der Waals surface area contributed by atoms with Crippen LogP contribution in [0.4, 0.5) is 5.69 Å². The van der Waals surface area contributed by atoms with Gasteiger partial charge in [0.15, 0.2) is 0 Å². The Morgan fingerprint density at radius 3 is 2.71 bits per heavy atom. The molecule has 0 saturated heterocycles. The van der Waals surface area contributed by atoms with Gasteiger partial charge in [-0.25, -0.2) is 0 Å². The number of methoxy groups -OCH3 is 1. The summed E-state index contributed by atoms with van der Waals surface area (Å²) in [6.07, 6.45) is 0. The van der Waals surface area contributed by atoms with Crippen molar-refractivity contribution in [3.63, 3.8) is 0 Å². The lowest BCUT2D eigenvalue weighted by atomic mass is 10.1. The molecule has 0 aliphatic carbocycles. The van der Waals surface area contributed by atoms with Crippen LogP contribution >= 0.6 is 0 Å². The third-order valence-electron chi connectivity index (χ3n) is 2.49. The summed E-state index contributed by atoms with van der Waals surface area (Å²) in [5, 5.41) is 0. The Labute approximate surface area is 96.9 Å². The molecule has 1 aliphatic rings. The molecule has 0 saturated carbocycles. The zero-order valence-electron chi connectivity index (χ0n) is 9.10. The Morgan fingerprint density at radius 1 is 1.41 bits per heavy atom. The fraction of sp³-hybridized carbons (Fsp3) is 0.182. The van der Waals surface area contributed by atoms with Crippen LogP contribution in [0.2, 0.25) is 0 Å². The van der Waals surface area contributed by atoms with E-state index in [0.717, 1.165) is 4.90 Å². The van der Waals surface area contributed by atoms with Gasteiger partial charge in [-0.2, -0.15) is 0 Å². The summed E-state index contributed by atoms with van der Waals surface area (Å²) in [7, 11) is 1.46. The molecule has 0 atom stereocenters. The smallest absolute Gasteiger partial charge is 0.299 e. The number of Topliss-reactive ketones (excluding diaryl/α,β-unsaturated/α-hetero) is 1. The topological polar surface area (TPSA) is 89.7 Å². The Bertz CT molecular complexity index is 524. The molecule has 1 heterocycles. The van der Waals surface area contributed by atoms with Crippen LogP contribution in [0, 0.1) is 0 Å². The number of hydrogen-bond acceptors (Lipinski definition) is 4. The molecule has 0 spiro atoms. The second-order valence-electron chi connectivity index (χ2n) is 3.57. The molecule has 2 amide bonds. The summed E-state index contributed by atoms with van der Waals surface area (Å²) in [5.74, 6) is -1.59. The van der Waals surface area contributed by atoms with E-state index in [4.69, 9.17) is 10.5 Å². The van der Waals surface area contributed by atoms with Gasteiger partial charge in [-0.15, -0.1) is 0 Å². The number of rotatable bonds is 3. The molecule has 2 N–H and O–H groups in total. The summed E-state index contributed by atoms with van der Waals surface area (Å²) < 4.78 is 4.97. The number of hydrogen-bond donors (Lipinski definition) is 1. The Hall–Kier alpha value is -2.37. The number of carbonyl (C=O) groups excluding carboxylic acids is 3. The monoisotopic (exact) mass is 234 g/mol. The SMILES string of the molecule is COc1ccc2c(c1)C(=O)C(=O)N2CC(N)=O. The minimum atomic E-state index is -0.743. The average Bonchev–Trinajstić information content (AvgIpc) is 2.54. The number of ketones is 1. The number of benzene rings is 1. The molecule has 17 heavy (non-hydrogen) atoms. The van der Waals surface area contributed by atoms with Crippen LogP contribution in [0.15, 0.2) is 18.2 Å². The normalized spacial score (nSPS) is 13.8. The highest BCUT2D eigenvalue weighted by Gasteiger charge is 2.36. The van der Waals surface area contributed by atoms with Crippen molar-refractivity contribution in [3.05, 3.63) is 23.8 Å². The van der Waals surface area contributed by atoms with E-state index in [1.807, 2.05) is 0 Å². The van der Waals surface area contributed by atoms with Crippen molar-refractivity contribution in [1.29, 1.82) is 0 Å². The first kappa shape index (κ1) is 11.1. The predicted molar refractivity (Wildman–Crippen MR) is 58.9 cm³/mol. The van der Waals surface area contributed by atoms with Crippen LogP contribution in [-0.4, -0.2) is 31.3 Å². The van der Waals surface area contributed by atoms with Crippen molar-refractivity contribution in [1.82, 2.24) is 0 Å². The minimum Gasteiger partial charge on any atom is -0.497 e. The van der Waals surface area contributed by atoms with Crippen LogP contribution in [0.25, 0.3) is 0 Å². The van der Waals surface area contributed by atoms with E-state index in [9.17, 15) is 14.4 Å². The molecular formula is C11H10N2O4. The van der Waals surface area contributed by atoms with Crippen molar-refractivity contribution < 1.29 is 19.1 Å². The average molecular weight is 234 g/mol. The second kappa shape index (κ2) is 3.89. The van der Waals surface area contributed by atoms with Crippen LogP contribution < -0.4 is 15.4 Å². The molecule has 0 radical (unpaired) electrons. The number of ether oxygens (including phenoxy) is 1. The maximum absolute atomic E-state index is 11.7. The van der Waals surface area contributed by atoms with Gasteiger partial charge in [0.1, 0.15) is 12.3 Å². The largest absolute Gasteiger partial charge is 0.497 e. The first-order valence-electron chi connectivity index (χ1n) is 4.87. The van der Waals surface area contributed by atoms with E-state index in [1.165, 1.54) is 13.2 Å². The number of primary amides is 1. The molecule has 6 nitrogen and oxygen atoms in total. The van der Waals surface area contributed by atoms with E-state index in [2.05, 4.69) is 0 Å². The first-order chi connectivity index (χ1) is 8.04. The van der Waals surface area contributed by atoms with Gasteiger partial charge in [-0.3, -0.25) is 19.3 Å². The van der Waals surface area contributed by atoms with Gasteiger partial charge >= 0.3 is 0 Å². The predicted octanol–water partition coefficient (Wildman–Crippen LogP) is -0.290.